The third-order valence-corrected chi connectivity index (χ3v) is 3.54. The van der Waals surface area contributed by atoms with E-state index in [4.69, 9.17) is 14.3 Å². The van der Waals surface area contributed by atoms with Crippen LogP contribution in [0.1, 0.15) is 29.8 Å². The first-order chi connectivity index (χ1) is 9.01. The second-order valence-corrected chi connectivity index (χ2v) is 5.30. The Morgan fingerprint density at radius 1 is 1.37 bits per heavy atom. The van der Waals surface area contributed by atoms with Gasteiger partial charge >= 0.3 is 5.97 Å². The Balaban J connectivity index is 2.11. The maximum Gasteiger partial charge on any atom is 0.305 e. The number of amides is 1. The van der Waals surface area contributed by atoms with Crippen LogP contribution in [0.15, 0.2) is 21.2 Å². The maximum atomic E-state index is 12.1. The fraction of sp³-hybridized carbons (Fsp3) is 0.500. The summed E-state index contributed by atoms with van der Waals surface area (Å²) in [6, 6.07) is 3.15. The summed E-state index contributed by atoms with van der Waals surface area (Å²) in [5, 5.41) is 11.8. The first-order valence-corrected chi connectivity index (χ1v) is 6.67. The lowest BCUT2D eigenvalue weighted by molar-refractivity contribution is -0.139. The van der Waals surface area contributed by atoms with E-state index >= 15 is 0 Å². The zero-order valence-corrected chi connectivity index (χ0v) is 11.7. The number of furan rings is 1. The number of carbonyl (C=O) groups is 2. The molecule has 0 bridgehead atoms. The smallest absolute Gasteiger partial charge is 0.305 e. The largest absolute Gasteiger partial charge is 0.481 e. The Bertz CT molecular complexity index is 478. The van der Waals surface area contributed by atoms with Crippen molar-refractivity contribution in [3.63, 3.8) is 0 Å². The number of hydrogen-bond donors (Lipinski definition) is 2. The molecule has 19 heavy (non-hydrogen) atoms. The van der Waals surface area contributed by atoms with Gasteiger partial charge < -0.3 is 19.6 Å². The molecule has 6 nitrogen and oxygen atoms in total. The van der Waals surface area contributed by atoms with E-state index in [9.17, 15) is 9.59 Å². The SMILES string of the molecule is O=C(O)CC1(NC(=O)c2ccc(Br)o2)CCOCC1. The molecule has 1 fully saturated rings. The quantitative estimate of drug-likeness (QED) is 0.878. The van der Waals surface area contributed by atoms with Crippen molar-refractivity contribution in [1.29, 1.82) is 0 Å². The van der Waals surface area contributed by atoms with E-state index < -0.39 is 17.4 Å². The highest BCUT2D eigenvalue weighted by Gasteiger charge is 2.37. The zero-order valence-electron chi connectivity index (χ0n) is 10.1. The van der Waals surface area contributed by atoms with E-state index in [-0.39, 0.29) is 12.2 Å². The van der Waals surface area contributed by atoms with Crippen LogP contribution in [0.4, 0.5) is 0 Å². The van der Waals surface area contributed by atoms with E-state index in [1.165, 1.54) is 6.07 Å². The highest BCUT2D eigenvalue weighted by Crippen LogP contribution is 2.25. The molecule has 0 spiro atoms. The van der Waals surface area contributed by atoms with Gasteiger partial charge in [-0.3, -0.25) is 9.59 Å². The number of rotatable bonds is 4. The molecular formula is C12H14BrNO5. The van der Waals surface area contributed by atoms with Crippen LogP contribution in [0, 0.1) is 0 Å². The molecule has 1 aliphatic heterocycles. The third-order valence-electron chi connectivity index (χ3n) is 3.12. The molecule has 0 aliphatic carbocycles. The summed E-state index contributed by atoms with van der Waals surface area (Å²) < 4.78 is 10.8. The van der Waals surface area contributed by atoms with Crippen LogP contribution in [-0.4, -0.2) is 35.7 Å². The average Bonchev–Trinajstić information content (AvgIpc) is 2.76. The van der Waals surface area contributed by atoms with Gasteiger partial charge in [0.15, 0.2) is 10.4 Å². The Morgan fingerprint density at radius 3 is 2.58 bits per heavy atom. The molecule has 0 unspecified atom stereocenters. The number of carbonyl (C=O) groups excluding carboxylic acids is 1. The molecule has 1 saturated heterocycles. The van der Waals surface area contributed by atoms with Crippen LogP contribution >= 0.6 is 15.9 Å². The highest BCUT2D eigenvalue weighted by molar-refractivity contribution is 9.10. The average molecular weight is 332 g/mol. The summed E-state index contributed by atoms with van der Waals surface area (Å²) in [5.74, 6) is -1.19. The van der Waals surface area contributed by atoms with Gasteiger partial charge in [-0.25, -0.2) is 0 Å². The Morgan fingerprint density at radius 2 is 2.05 bits per heavy atom. The predicted octanol–water partition coefficient (Wildman–Crippen LogP) is 1.80. The minimum absolute atomic E-state index is 0.121. The molecule has 7 heteroatoms. The lowest BCUT2D eigenvalue weighted by atomic mass is 9.86. The minimum atomic E-state index is -0.942. The molecule has 2 rings (SSSR count). The summed E-state index contributed by atoms with van der Waals surface area (Å²) in [7, 11) is 0. The van der Waals surface area contributed by atoms with Crippen LogP contribution in [0.25, 0.3) is 0 Å². The van der Waals surface area contributed by atoms with Gasteiger partial charge in [0.05, 0.1) is 12.0 Å². The standard InChI is InChI=1S/C12H14BrNO5/c13-9-2-1-8(19-9)11(17)14-12(7-10(15)16)3-5-18-6-4-12/h1-2H,3-7H2,(H,14,17)(H,15,16). The first kappa shape index (κ1) is 14.1. The number of ether oxygens (including phenoxy) is 1. The van der Waals surface area contributed by atoms with Gasteiger partial charge in [0.25, 0.3) is 5.91 Å². The van der Waals surface area contributed by atoms with E-state index in [0.717, 1.165) is 0 Å². The molecular weight excluding hydrogens is 318 g/mol. The van der Waals surface area contributed by atoms with Gasteiger partial charge in [0.1, 0.15) is 0 Å². The number of carboxylic acids is 1. The monoisotopic (exact) mass is 331 g/mol. The van der Waals surface area contributed by atoms with E-state index in [2.05, 4.69) is 21.2 Å². The van der Waals surface area contributed by atoms with Gasteiger partial charge in [-0.2, -0.15) is 0 Å². The Kier molecular flexibility index (Phi) is 4.26. The van der Waals surface area contributed by atoms with Crippen molar-refractivity contribution < 1.29 is 23.8 Å². The van der Waals surface area contributed by atoms with Crippen LogP contribution in [0.3, 0.4) is 0 Å². The molecule has 0 aromatic carbocycles. The van der Waals surface area contributed by atoms with Crippen molar-refractivity contribution in [1.82, 2.24) is 5.32 Å². The molecule has 2 N–H and O–H groups in total. The van der Waals surface area contributed by atoms with Gasteiger partial charge in [-0.05, 0) is 40.9 Å². The molecule has 0 atom stereocenters. The fourth-order valence-corrected chi connectivity index (χ4v) is 2.44. The maximum absolute atomic E-state index is 12.1. The first-order valence-electron chi connectivity index (χ1n) is 5.88. The molecule has 1 aliphatic rings. The molecule has 1 amide bonds. The topological polar surface area (TPSA) is 88.8 Å². The van der Waals surface area contributed by atoms with Crippen molar-refractivity contribution >= 4 is 27.8 Å². The van der Waals surface area contributed by atoms with Crippen molar-refractivity contribution in [2.75, 3.05) is 13.2 Å². The van der Waals surface area contributed by atoms with Crippen LogP contribution in [-0.2, 0) is 9.53 Å². The molecule has 0 saturated carbocycles. The molecule has 104 valence electrons. The van der Waals surface area contributed by atoms with Crippen molar-refractivity contribution in [2.45, 2.75) is 24.8 Å². The second-order valence-electron chi connectivity index (χ2n) is 4.52. The van der Waals surface area contributed by atoms with Gasteiger partial charge in [-0.15, -0.1) is 0 Å². The van der Waals surface area contributed by atoms with E-state index in [1.807, 2.05) is 0 Å². The van der Waals surface area contributed by atoms with Crippen LogP contribution in [0.5, 0.6) is 0 Å². The molecule has 1 aromatic heterocycles. The number of hydrogen-bond acceptors (Lipinski definition) is 4. The lowest BCUT2D eigenvalue weighted by Crippen LogP contribution is -2.53. The van der Waals surface area contributed by atoms with Crippen molar-refractivity contribution in [3.8, 4) is 0 Å². The van der Waals surface area contributed by atoms with Gasteiger partial charge in [-0.1, -0.05) is 0 Å². The van der Waals surface area contributed by atoms with Crippen molar-refractivity contribution in [3.05, 3.63) is 22.6 Å². The summed E-state index contributed by atoms with van der Waals surface area (Å²) in [6.45, 7) is 0.880. The molecule has 0 radical (unpaired) electrons. The number of aliphatic carboxylic acids is 1. The summed E-state index contributed by atoms with van der Waals surface area (Å²) >= 11 is 3.12. The van der Waals surface area contributed by atoms with Crippen LogP contribution < -0.4 is 5.32 Å². The number of carboxylic acid groups (broad SMARTS) is 1. The van der Waals surface area contributed by atoms with Gasteiger partial charge in [0, 0.05) is 13.2 Å². The summed E-state index contributed by atoms with van der Waals surface area (Å²) in [5.41, 5.74) is -0.763. The number of halogens is 1. The van der Waals surface area contributed by atoms with Crippen LogP contribution in [0.2, 0.25) is 0 Å². The summed E-state index contributed by atoms with van der Waals surface area (Å²) in [4.78, 5) is 23.0. The zero-order chi connectivity index (χ0) is 13.9. The minimum Gasteiger partial charge on any atom is -0.481 e. The molecule has 1 aromatic rings. The summed E-state index contributed by atoms with van der Waals surface area (Å²) in [6.07, 6.45) is 0.837. The number of nitrogens with one attached hydrogen (secondary N) is 1. The molecule has 2 heterocycles. The third kappa shape index (κ3) is 3.57. The highest BCUT2D eigenvalue weighted by atomic mass is 79.9. The van der Waals surface area contributed by atoms with E-state index in [1.54, 1.807) is 6.07 Å². The van der Waals surface area contributed by atoms with Gasteiger partial charge in [0.2, 0.25) is 0 Å². The Hall–Kier alpha value is -1.34. The fourth-order valence-electron chi connectivity index (χ4n) is 2.14. The Labute approximate surface area is 118 Å². The van der Waals surface area contributed by atoms with E-state index in [0.29, 0.717) is 30.7 Å². The lowest BCUT2D eigenvalue weighted by Gasteiger charge is -2.36. The predicted molar refractivity (Wildman–Crippen MR) is 68.9 cm³/mol. The second kappa shape index (κ2) is 5.75. The normalized spacial score (nSPS) is 17.9. The van der Waals surface area contributed by atoms with Crippen molar-refractivity contribution in [2.24, 2.45) is 0 Å².